The molecule has 0 aliphatic heterocycles. The highest BCUT2D eigenvalue weighted by Gasteiger charge is 2.27. The Morgan fingerprint density at radius 3 is 1.38 bits per heavy atom. The van der Waals surface area contributed by atoms with E-state index < -0.39 is 58.4 Å². The normalized spacial score (nSPS) is 14.6. The maximum atomic E-state index is 12.0. The summed E-state index contributed by atoms with van der Waals surface area (Å²) in [4.78, 5) is 33.3. The lowest BCUT2D eigenvalue weighted by Gasteiger charge is -2.20. The molecule has 0 saturated carbocycles. The zero-order valence-electron chi connectivity index (χ0n) is 22.9. The minimum Gasteiger partial charge on any atom is -0.457 e. The minimum absolute atomic E-state index is 0.145. The van der Waals surface area contributed by atoms with Gasteiger partial charge in [0.15, 0.2) is 0 Å². The van der Waals surface area contributed by atoms with Crippen molar-refractivity contribution >= 4 is 19.8 Å². The standard InChI is InChI=1S/C26H51O10P/c1-3-5-6-7-8-9-10-11-12-13-14-15-16-18-26(30)36-24(20-28)22-34-37(31,32)33-21-23(19-27)35-25(29)17-4-2/h23-24,27-28H,3-22H2,1-2H3,(H,31,32). The van der Waals surface area contributed by atoms with Crippen LogP contribution in [0.5, 0.6) is 0 Å². The van der Waals surface area contributed by atoms with E-state index in [9.17, 15) is 29.3 Å². The first kappa shape index (κ1) is 36.0. The monoisotopic (exact) mass is 554 g/mol. The molecule has 0 bridgehead atoms. The summed E-state index contributed by atoms with van der Waals surface area (Å²) in [7, 11) is -4.58. The number of carbonyl (C=O) groups is 2. The van der Waals surface area contributed by atoms with Crippen molar-refractivity contribution in [2.75, 3.05) is 26.4 Å². The summed E-state index contributed by atoms with van der Waals surface area (Å²) in [6.07, 6.45) is 14.2. The van der Waals surface area contributed by atoms with Gasteiger partial charge in [0.2, 0.25) is 0 Å². The van der Waals surface area contributed by atoms with Gasteiger partial charge in [-0.25, -0.2) is 4.57 Å². The average molecular weight is 555 g/mol. The SMILES string of the molecule is CCCCCCCCCCCCCCCC(=O)OC(CO)COP(=O)(O)OCC(CO)OC(=O)CCC. The lowest BCUT2D eigenvalue weighted by molar-refractivity contribution is -0.153. The van der Waals surface area contributed by atoms with Gasteiger partial charge in [0.05, 0.1) is 26.4 Å². The third kappa shape index (κ3) is 22.6. The van der Waals surface area contributed by atoms with Crippen molar-refractivity contribution in [2.24, 2.45) is 0 Å². The van der Waals surface area contributed by atoms with Crippen molar-refractivity contribution < 1.29 is 47.8 Å². The van der Waals surface area contributed by atoms with Crippen LogP contribution in [0.15, 0.2) is 0 Å². The van der Waals surface area contributed by atoms with E-state index in [0.29, 0.717) is 12.8 Å². The lowest BCUT2D eigenvalue weighted by atomic mass is 10.0. The Labute approximate surface area is 223 Å². The molecule has 220 valence electrons. The molecule has 3 atom stereocenters. The molecule has 0 amide bonds. The second kappa shape index (κ2) is 24.0. The first-order chi connectivity index (χ1) is 17.8. The zero-order chi connectivity index (χ0) is 27.8. The van der Waals surface area contributed by atoms with Gasteiger partial charge in [0, 0.05) is 12.8 Å². The second-order valence-electron chi connectivity index (χ2n) is 9.39. The van der Waals surface area contributed by atoms with E-state index >= 15 is 0 Å². The molecule has 0 radical (unpaired) electrons. The molecule has 0 aliphatic rings. The van der Waals surface area contributed by atoms with Crippen LogP contribution >= 0.6 is 7.82 Å². The number of hydrogen-bond donors (Lipinski definition) is 3. The van der Waals surface area contributed by atoms with Crippen LogP contribution in [0.25, 0.3) is 0 Å². The number of unbranched alkanes of at least 4 members (excludes halogenated alkanes) is 12. The van der Waals surface area contributed by atoms with Crippen molar-refractivity contribution in [2.45, 2.75) is 129 Å². The van der Waals surface area contributed by atoms with E-state index in [2.05, 4.69) is 6.92 Å². The zero-order valence-corrected chi connectivity index (χ0v) is 23.8. The number of phosphoric acid groups is 1. The van der Waals surface area contributed by atoms with E-state index in [1.54, 1.807) is 6.92 Å². The number of ether oxygens (including phenoxy) is 2. The topological polar surface area (TPSA) is 149 Å². The first-order valence-corrected chi connectivity index (χ1v) is 15.5. The van der Waals surface area contributed by atoms with Gasteiger partial charge in [0.1, 0.15) is 12.2 Å². The molecule has 0 saturated heterocycles. The molecule has 0 spiro atoms. The molecule has 0 heterocycles. The van der Waals surface area contributed by atoms with Crippen LogP contribution in [0.4, 0.5) is 0 Å². The lowest BCUT2D eigenvalue weighted by Crippen LogP contribution is -2.28. The Bertz CT molecular complexity index is 616. The Kier molecular flexibility index (Phi) is 23.4. The van der Waals surface area contributed by atoms with Gasteiger partial charge in [-0.2, -0.15) is 0 Å². The van der Waals surface area contributed by atoms with E-state index in [0.717, 1.165) is 19.3 Å². The molecule has 10 nitrogen and oxygen atoms in total. The predicted octanol–water partition coefficient (Wildman–Crippen LogP) is 5.21. The molecule has 3 unspecified atom stereocenters. The quantitative estimate of drug-likeness (QED) is 0.0739. The maximum Gasteiger partial charge on any atom is 0.472 e. The molecule has 0 fully saturated rings. The third-order valence-corrected chi connectivity index (χ3v) is 6.74. The summed E-state index contributed by atoms with van der Waals surface area (Å²) in [6, 6.07) is 0. The highest BCUT2D eigenvalue weighted by Crippen LogP contribution is 2.43. The van der Waals surface area contributed by atoms with Gasteiger partial charge in [-0.15, -0.1) is 0 Å². The molecule has 11 heteroatoms. The van der Waals surface area contributed by atoms with E-state index in [4.69, 9.17) is 18.5 Å². The van der Waals surface area contributed by atoms with Crippen molar-refractivity contribution in [3.8, 4) is 0 Å². The predicted molar refractivity (Wildman–Crippen MR) is 141 cm³/mol. The van der Waals surface area contributed by atoms with Crippen LogP contribution in [0.1, 0.15) is 117 Å². The van der Waals surface area contributed by atoms with Crippen LogP contribution in [0.2, 0.25) is 0 Å². The number of hydrogen-bond acceptors (Lipinski definition) is 9. The molecular weight excluding hydrogens is 503 g/mol. The molecule has 0 aromatic carbocycles. The maximum absolute atomic E-state index is 12.0. The molecular formula is C26H51O10P. The second-order valence-corrected chi connectivity index (χ2v) is 10.8. The molecule has 0 aromatic rings. The van der Waals surface area contributed by atoms with Crippen molar-refractivity contribution in [3.63, 3.8) is 0 Å². The fourth-order valence-corrected chi connectivity index (χ4v) is 4.40. The highest BCUT2D eigenvalue weighted by atomic mass is 31.2. The number of carbonyl (C=O) groups excluding carboxylic acids is 2. The third-order valence-electron chi connectivity index (χ3n) is 5.79. The van der Waals surface area contributed by atoms with Crippen LogP contribution in [0, 0.1) is 0 Å². The minimum atomic E-state index is -4.58. The molecule has 3 N–H and O–H groups in total. The van der Waals surface area contributed by atoms with Crippen LogP contribution in [0.3, 0.4) is 0 Å². The summed E-state index contributed by atoms with van der Waals surface area (Å²) in [5.41, 5.74) is 0. The van der Waals surface area contributed by atoms with Crippen LogP contribution in [-0.2, 0) is 32.7 Å². The van der Waals surface area contributed by atoms with E-state index in [1.165, 1.54) is 57.8 Å². The fraction of sp³-hybridized carbons (Fsp3) is 0.923. The number of aliphatic hydroxyl groups is 2. The van der Waals surface area contributed by atoms with Gasteiger partial charge in [0.25, 0.3) is 0 Å². The van der Waals surface area contributed by atoms with Gasteiger partial charge in [-0.05, 0) is 12.8 Å². The Hall–Kier alpha value is -1.03. The Morgan fingerprint density at radius 2 is 1.00 bits per heavy atom. The largest absolute Gasteiger partial charge is 0.472 e. The molecule has 0 rings (SSSR count). The summed E-state index contributed by atoms with van der Waals surface area (Å²) in [6.45, 7) is 1.74. The van der Waals surface area contributed by atoms with E-state index in [-0.39, 0.29) is 12.8 Å². The van der Waals surface area contributed by atoms with Crippen molar-refractivity contribution in [1.82, 2.24) is 0 Å². The number of phosphoric ester groups is 1. The fourth-order valence-electron chi connectivity index (χ4n) is 3.62. The summed E-state index contributed by atoms with van der Waals surface area (Å²) in [5.74, 6) is -1.07. The van der Waals surface area contributed by atoms with Gasteiger partial charge in [-0.3, -0.25) is 18.6 Å². The summed E-state index contributed by atoms with van der Waals surface area (Å²) >= 11 is 0. The molecule has 0 aromatic heterocycles. The molecule has 0 aliphatic carbocycles. The summed E-state index contributed by atoms with van der Waals surface area (Å²) < 4.78 is 31.6. The summed E-state index contributed by atoms with van der Waals surface area (Å²) in [5, 5.41) is 18.6. The van der Waals surface area contributed by atoms with E-state index in [1.807, 2.05) is 0 Å². The van der Waals surface area contributed by atoms with Crippen molar-refractivity contribution in [1.29, 1.82) is 0 Å². The number of esters is 2. The average Bonchev–Trinajstić information content (AvgIpc) is 2.87. The van der Waals surface area contributed by atoms with Crippen molar-refractivity contribution in [3.05, 3.63) is 0 Å². The number of rotatable bonds is 26. The smallest absolute Gasteiger partial charge is 0.457 e. The Balaban J connectivity index is 3.94. The van der Waals surface area contributed by atoms with Crippen LogP contribution in [-0.4, -0.2) is 65.7 Å². The van der Waals surface area contributed by atoms with Gasteiger partial charge < -0.3 is 24.6 Å². The van der Waals surface area contributed by atoms with Crippen LogP contribution < -0.4 is 0 Å². The first-order valence-electron chi connectivity index (χ1n) is 14.0. The van der Waals surface area contributed by atoms with Gasteiger partial charge in [-0.1, -0.05) is 90.9 Å². The highest BCUT2D eigenvalue weighted by molar-refractivity contribution is 7.47. The number of aliphatic hydroxyl groups excluding tert-OH is 2. The molecule has 37 heavy (non-hydrogen) atoms. The van der Waals surface area contributed by atoms with Gasteiger partial charge >= 0.3 is 19.8 Å². The Morgan fingerprint density at radius 1 is 0.622 bits per heavy atom.